The molecule has 3 atom stereocenters. The molecule has 0 saturated carbocycles. The second-order valence-electron chi connectivity index (χ2n) is 15.9. The number of hydrogen-bond acceptors (Lipinski definition) is 5. The van der Waals surface area contributed by atoms with Crippen LogP contribution in [0, 0.1) is 29.4 Å². The van der Waals surface area contributed by atoms with Gasteiger partial charge in [-0.3, -0.25) is 9.80 Å². The van der Waals surface area contributed by atoms with Gasteiger partial charge in [0.25, 0.3) is 0 Å². The summed E-state index contributed by atoms with van der Waals surface area (Å²) in [6.07, 6.45) is 16.1. The number of allylic oxidation sites excluding steroid dienone is 6. The summed E-state index contributed by atoms with van der Waals surface area (Å²) in [4.78, 5) is 5.00. The van der Waals surface area contributed by atoms with E-state index in [0.29, 0.717) is 24.3 Å². The SMILES string of the molecule is CC(CCCN(CCNCc1ccc(F)cc1)Cc1ccc(CN(CCNCC2C=CC(F)=CC2)CCNCC2C=CC(F)=CC2)cc1)CCc1ccc(F)cc1. The van der Waals surface area contributed by atoms with Gasteiger partial charge in [-0.05, 0) is 134 Å². The first-order chi connectivity index (χ1) is 27.8. The molecule has 2 aliphatic rings. The van der Waals surface area contributed by atoms with E-state index in [-0.39, 0.29) is 23.3 Å². The van der Waals surface area contributed by atoms with Crippen LogP contribution >= 0.6 is 0 Å². The second-order valence-corrected chi connectivity index (χ2v) is 15.9. The number of nitrogens with one attached hydrogen (secondary N) is 3. The molecule has 9 heteroatoms. The van der Waals surface area contributed by atoms with Crippen molar-refractivity contribution in [2.24, 2.45) is 17.8 Å². The Bertz CT molecular complexity index is 1660. The molecule has 0 aromatic heterocycles. The van der Waals surface area contributed by atoms with Gasteiger partial charge in [0.05, 0.1) is 0 Å². The van der Waals surface area contributed by atoms with E-state index < -0.39 is 0 Å². The molecule has 0 fully saturated rings. The zero-order valence-electron chi connectivity index (χ0n) is 33.8. The number of hydrogen-bond donors (Lipinski definition) is 3. The number of benzene rings is 3. The van der Waals surface area contributed by atoms with Crippen LogP contribution in [0.25, 0.3) is 0 Å². The Morgan fingerprint density at radius 3 is 1.51 bits per heavy atom. The van der Waals surface area contributed by atoms with Crippen molar-refractivity contribution < 1.29 is 17.6 Å². The third-order valence-electron chi connectivity index (χ3n) is 11.0. The first-order valence-corrected chi connectivity index (χ1v) is 21.0. The first kappa shape index (κ1) is 44.2. The van der Waals surface area contributed by atoms with Crippen LogP contribution < -0.4 is 16.0 Å². The van der Waals surface area contributed by atoms with Crippen molar-refractivity contribution in [3.05, 3.63) is 155 Å². The molecule has 0 bridgehead atoms. The van der Waals surface area contributed by atoms with Crippen molar-refractivity contribution in [3.8, 4) is 0 Å². The van der Waals surface area contributed by atoms with Crippen molar-refractivity contribution >= 4 is 0 Å². The number of halogens is 4. The maximum atomic E-state index is 13.4. The van der Waals surface area contributed by atoms with Gasteiger partial charge in [0.1, 0.15) is 23.3 Å². The Balaban J connectivity index is 1.11. The molecule has 308 valence electrons. The predicted molar refractivity (Wildman–Crippen MR) is 227 cm³/mol. The van der Waals surface area contributed by atoms with Gasteiger partial charge < -0.3 is 16.0 Å². The molecule has 0 heterocycles. The van der Waals surface area contributed by atoms with Gasteiger partial charge in [-0.2, -0.15) is 0 Å². The van der Waals surface area contributed by atoms with E-state index in [0.717, 1.165) is 116 Å². The van der Waals surface area contributed by atoms with E-state index in [9.17, 15) is 17.6 Å². The van der Waals surface area contributed by atoms with Gasteiger partial charge in [-0.15, -0.1) is 0 Å². The first-order valence-electron chi connectivity index (χ1n) is 21.0. The van der Waals surface area contributed by atoms with Crippen LogP contribution in [0.3, 0.4) is 0 Å². The van der Waals surface area contributed by atoms with Gasteiger partial charge in [-0.1, -0.05) is 67.6 Å². The molecule has 0 aliphatic heterocycles. The van der Waals surface area contributed by atoms with Crippen LogP contribution in [0.2, 0.25) is 0 Å². The van der Waals surface area contributed by atoms with Gasteiger partial charge in [0, 0.05) is 72.0 Å². The molecule has 3 unspecified atom stereocenters. The highest BCUT2D eigenvalue weighted by Crippen LogP contribution is 2.19. The van der Waals surface area contributed by atoms with Crippen LogP contribution in [0.4, 0.5) is 17.6 Å². The summed E-state index contributed by atoms with van der Waals surface area (Å²) in [6.45, 7) is 12.6. The molecule has 5 nitrogen and oxygen atoms in total. The largest absolute Gasteiger partial charge is 0.315 e. The number of nitrogens with zero attached hydrogens (tertiary/aromatic N) is 2. The topological polar surface area (TPSA) is 42.6 Å². The zero-order valence-corrected chi connectivity index (χ0v) is 33.8. The minimum Gasteiger partial charge on any atom is -0.315 e. The summed E-state index contributed by atoms with van der Waals surface area (Å²) < 4.78 is 53.5. The standard InChI is InChI=1S/C48H63F4N5/c1-38(4-5-39-10-18-45(49)19-11-39)3-2-29-56(30-26-53-33-40-12-20-46(50)21-13-40)36-43-6-8-44(9-7-43)37-57(31-27-54-34-41-14-22-47(51)23-15-41)32-28-55-35-42-16-24-48(52)25-17-42/h6-14,16,18-25,38,41-42,53-55H,2-5,15,17,26-37H2,1H3. The third-order valence-corrected chi connectivity index (χ3v) is 11.0. The lowest BCUT2D eigenvalue weighted by Crippen LogP contribution is -2.38. The Morgan fingerprint density at radius 1 is 0.561 bits per heavy atom. The third kappa shape index (κ3) is 17.7. The van der Waals surface area contributed by atoms with Gasteiger partial charge >= 0.3 is 0 Å². The molecule has 3 aromatic carbocycles. The number of rotatable bonds is 26. The average Bonchev–Trinajstić information content (AvgIpc) is 3.22. The lowest BCUT2D eigenvalue weighted by Gasteiger charge is -2.25. The molecule has 0 amide bonds. The van der Waals surface area contributed by atoms with Crippen molar-refractivity contribution in [1.29, 1.82) is 0 Å². The van der Waals surface area contributed by atoms with Crippen molar-refractivity contribution in [2.45, 2.75) is 65.1 Å². The van der Waals surface area contributed by atoms with Gasteiger partial charge in [-0.25, -0.2) is 17.6 Å². The molecule has 5 rings (SSSR count). The summed E-state index contributed by atoms with van der Waals surface area (Å²) in [5.74, 6) is 0.511. The van der Waals surface area contributed by atoms with Crippen LogP contribution in [0.1, 0.15) is 61.3 Å². The van der Waals surface area contributed by atoms with Crippen molar-refractivity contribution in [2.75, 3.05) is 58.9 Å². The summed E-state index contributed by atoms with van der Waals surface area (Å²) in [6, 6.07) is 22.6. The summed E-state index contributed by atoms with van der Waals surface area (Å²) in [5, 5.41) is 10.7. The molecule has 3 aromatic rings. The number of aryl methyl sites for hydroxylation is 1. The minimum atomic E-state index is -0.217. The Morgan fingerprint density at radius 2 is 1.02 bits per heavy atom. The average molecular weight is 786 g/mol. The molecular formula is C48H63F4N5. The molecule has 0 radical (unpaired) electrons. The maximum absolute atomic E-state index is 13.4. The molecular weight excluding hydrogens is 723 g/mol. The lowest BCUT2D eigenvalue weighted by molar-refractivity contribution is 0.251. The second kappa shape index (κ2) is 24.8. The van der Waals surface area contributed by atoms with Crippen LogP contribution in [-0.4, -0.2) is 68.7 Å². The monoisotopic (exact) mass is 786 g/mol. The summed E-state index contributed by atoms with van der Waals surface area (Å²) in [5.41, 5.74) is 4.81. The van der Waals surface area contributed by atoms with Crippen molar-refractivity contribution in [3.63, 3.8) is 0 Å². The Labute approximate surface area is 339 Å². The van der Waals surface area contributed by atoms with E-state index in [1.165, 1.54) is 28.8 Å². The fourth-order valence-electron chi connectivity index (χ4n) is 7.38. The van der Waals surface area contributed by atoms with E-state index in [4.69, 9.17) is 0 Å². The van der Waals surface area contributed by atoms with Crippen LogP contribution in [0.5, 0.6) is 0 Å². The quantitative estimate of drug-likeness (QED) is 0.0560. The minimum absolute atomic E-state index is 0.148. The lowest BCUT2D eigenvalue weighted by atomic mass is 9.96. The predicted octanol–water partition coefficient (Wildman–Crippen LogP) is 9.45. The highest BCUT2D eigenvalue weighted by atomic mass is 19.1. The molecule has 57 heavy (non-hydrogen) atoms. The van der Waals surface area contributed by atoms with E-state index in [2.05, 4.69) is 56.9 Å². The summed E-state index contributed by atoms with van der Waals surface area (Å²) >= 11 is 0. The van der Waals surface area contributed by atoms with Crippen molar-refractivity contribution in [1.82, 2.24) is 25.8 Å². The fraction of sp³-hybridized carbons (Fsp3) is 0.458. The smallest absolute Gasteiger partial charge is 0.123 e. The van der Waals surface area contributed by atoms with E-state index in [1.54, 1.807) is 36.4 Å². The fourth-order valence-corrected chi connectivity index (χ4v) is 7.38. The van der Waals surface area contributed by atoms with Gasteiger partial charge in [0.2, 0.25) is 0 Å². The van der Waals surface area contributed by atoms with Gasteiger partial charge in [0.15, 0.2) is 0 Å². The van der Waals surface area contributed by atoms with E-state index >= 15 is 0 Å². The summed E-state index contributed by atoms with van der Waals surface area (Å²) in [7, 11) is 0. The molecule has 0 saturated heterocycles. The molecule has 0 spiro atoms. The van der Waals surface area contributed by atoms with Crippen LogP contribution in [-0.2, 0) is 26.1 Å². The Hall–Kier alpha value is -3.86. The zero-order chi connectivity index (χ0) is 40.1. The highest BCUT2D eigenvalue weighted by Gasteiger charge is 2.13. The van der Waals surface area contributed by atoms with Crippen LogP contribution in [0.15, 0.2) is 121 Å². The molecule has 3 N–H and O–H groups in total. The maximum Gasteiger partial charge on any atom is 0.123 e. The normalized spacial score (nSPS) is 17.3. The Kier molecular flexibility index (Phi) is 19.3. The molecule has 2 aliphatic carbocycles. The van der Waals surface area contributed by atoms with E-state index in [1.807, 2.05) is 36.4 Å². The highest BCUT2D eigenvalue weighted by molar-refractivity contribution is 5.23.